The molecule has 5 heteroatoms. The molecule has 0 spiro atoms. The maximum atomic E-state index is 13.4. The highest BCUT2D eigenvalue weighted by Crippen LogP contribution is 2.21. The molecule has 2 nitrogen and oxygen atoms in total. The first-order valence-electron chi connectivity index (χ1n) is 5.24. The molecular weight excluding hydrogens is 315 g/mol. The van der Waals surface area contributed by atoms with Gasteiger partial charge in [0.25, 0.3) is 0 Å². The van der Waals surface area contributed by atoms with E-state index in [1.807, 2.05) is 24.3 Å². The lowest BCUT2D eigenvalue weighted by atomic mass is 10.3. The van der Waals surface area contributed by atoms with Crippen LogP contribution in [0, 0.1) is 5.82 Å². The lowest BCUT2D eigenvalue weighted by molar-refractivity contribution is 0.632. The quantitative estimate of drug-likeness (QED) is 0.801. The molecule has 0 heterocycles. The smallest absolute Gasteiger partial charge is 0.175 e. The second kappa shape index (κ2) is 5.93. The fraction of sp³-hybridized carbons (Fsp3) is 0. The summed E-state index contributed by atoms with van der Waals surface area (Å²) in [6.45, 7) is 0. The van der Waals surface area contributed by atoms with Gasteiger partial charge in [0.2, 0.25) is 0 Å². The highest BCUT2D eigenvalue weighted by molar-refractivity contribution is 9.10. The van der Waals surface area contributed by atoms with Crippen molar-refractivity contribution >= 4 is 44.6 Å². The van der Waals surface area contributed by atoms with E-state index < -0.39 is 0 Å². The van der Waals surface area contributed by atoms with Crippen LogP contribution in [-0.2, 0) is 0 Å². The molecule has 0 aliphatic carbocycles. The Balaban J connectivity index is 2.06. The van der Waals surface area contributed by atoms with E-state index in [0.717, 1.165) is 10.2 Å². The van der Waals surface area contributed by atoms with Gasteiger partial charge in [-0.15, -0.1) is 0 Å². The van der Waals surface area contributed by atoms with Crippen LogP contribution in [0.5, 0.6) is 0 Å². The van der Waals surface area contributed by atoms with E-state index in [4.69, 9.17) is 12.2 Å². The molecule has 2 rings (SSSR count). The predicted molar refractivity (Wildman–Crippen MR) is 80.4 cm³/mol. The normalized spacial score (nSPS) is 9.89. The van der Waals surface area contributed by atoms with E-state index in [1.165, 1.54) is 6.07 Å². The molecule has 2 aromatic carbocycles. The third-order valence-electron chi connectivity index (χ3n) is 2.24. The van der Waals surface area contributed by atoms with Gasteiger partial charge in [0.1, 0.15) is 5.82 Å². The molecule has 0 amide bonds. The Morgan fingerprint density at radius 1 is 0.944 bits per heavy atom. The van der Waals surface area contributed by atoms with E-state index in [2.05, 4.69) is 26.6 Å². The van der Waals surface area contributed by atoms with Crippen LogP contribution in [-0.4, -0.2) is 5.11 Å². The van der Waals surface area contributed by atoms with Gasteiger partial charge in [0.15, 0.2) is 5.11 Å². The van der Waals surface area contributed by atoms with Crippen molar-refractivity contribution in [2.75, 3.05) is 10.6 Å². The summed E-state index contributed by atoms with van der Waals surface area (Å²) in [5.41, 5.74) is 1.17. The molecule has 0 saturated carbocycles. The van der Waals surface area contributed by atoms with E-state index >= 15 is 0 Å². The van der Waals surface area contributed by atoms with Crippen LogP contribution in [0.4, 0.5) is 15.8 Å². The van der Waals surface area contributed by atoms with Crippen molar-refractivity contribution in [3.8, 4) is 0 Å². The maximum Gasteiger partial charge on any atom is 0.175 e. The zero-order valence-electron chi connectivity index (χ0n) is 9.28. The molecule has 0 radical (unpaired) electrons. The topological polar surface area (TPSA) is 24.1 Å². The number of hydrogen-bond donors (Lipinski definition) is 2. The van der Waals surface area contributed by atoms with Gasteiger partial charge < -0.3 is 10.6 Å². The summed E-state index contributed by atoms with van der Waals surface area (Å²) in [7, 11) is 0. The van der Waals surface area contributed by atoms with Crippen molar-refractivity contribution in [1.29, 1.82) is 0 Å². The first-order chi connectivity index (χ1) is 8.66. The molecule has 0 fully saturated rings. The van der Waals surface area contributed by atoms with Gasteiger partial charge in [-0.05, 0) is 52.4 Å². The summed E-state index contributed by atoms with van der Waals surface area (Å²) in [6.07, 6.45) is 0. The van der Waals surface area contributed by atoms with E-state index in [9.17, 15) is 4.39 Å². The maximum absolute atomic E-state index is 13.4. The summed E-state index contributed by atoms with van der Waals surface area (Å²) in [4.78, 5) is 0. The summed E-state index contributed by atoms with van der Waals surface area (Å²) in [5, 5.41) is 6.14. The van der Waals surface area contributed by atoms with Gasteiger partial charge in [0.05, 0.1) is 11.4 Å². The van der Waals surface area contributed by atoms with Gasteiger partial charge in [0, 0.05) is 4.47 Å². The van der Waals surface area contributed by atoms with Crippen LogP contribution in [0.1, 0.15) is 0 Å². The average molecular weight is 325 g/mol. The van der Waals surface area contributed by atoms with Gasteiger partial charge in [-0.3, -0.25) is 0 Å². The molecular formula is C13H10BrFN2S. The van der Waals surface area contributed by atoms with E-state index in [-0.39, 0.29) is 5.82 Å². The molecule has 0 saturated heterocycles. The Morgan fingerprint density at radius 3 is 2.17 bits per heavy atom. The van der Waals surface area contributed by atoms with Crippen LogP contribution in [0.25, 0.3) is 0 Å². The minimum absolute atomic E-state index is 0.339. The van der Waals surface area contributed by atoms with Crippen LogP contribution < -0.4 is 10.6 Å². The lowest BCUT2D eigenvalue weighted by Crippen LogP contribution is -2.19. The van der Waals surface area contributed by atoms with Gasteiger partial charge in [-0.2, -0.15) is 0 Å². The van der Waals surface area contributed by atoms with Crippen LogP contribution >= 0.6 is 28.1 Å². The lowest BCUT2D eigenvalue weighted by Gasteiger charge is -2.12. The first-order valence-corrected chi connectivity index (χ1v) is 6.44. The van der Waals surface area contributed by atoms with Crippen LogP contribution in [0.15, 0.2) is 53.0 Å². The summed E-state index contributed by atoms with van der Waals surface area (Å²) < 4.78 is 14.3. The third kappa shape index (κ3) is 3.27. The Morgan fingerprint density at radius 2 is 1.50 bits per heavy atom. The molecule has 2 aromatic rings. The Kier molecular flexibility index (Phi) is 4.28. The van der Waals surface area contributed by atoms with Gasteiger partial charge >= 0.3 is 0 Å². The third-order valence-corrected chi connectivity index (χ3v) is 3.14. The SMILES string of the molecule is Fc1ccccc1NC(=S)Nc1ccccc1Br. The van der Waals surface area contributed by atoms with Crippen molar-refractivity contribution < 1.29 is 4.39 Å². The van der Waals surface area contributed by atoms with Crippen molar-refractivity contribution in [3.05, 3.63) is 58.8 Å². The van der Waals surface area contributed by atoms with E-state index in [1.54, 1.807) is 18.2 Å². The van der Waals surface area contributed by atoms with Crippen molar-refractivity contribution in [1.82, 2.24) is 0 Å². The minimum atomic E-state index is -0.339. The summed E-state index contributed by atoms with van der Waals surface area (Å²) in [5.74, 6) is -0.339. The Labute approximate surface area is 118 Å². The fourth-order valence-corrected chi connectivity index (χ4v) is 2.00. The Hall–Kier alpha value is -1.46. The monoisotopic (exact) mass is 324 g/mol. The van der Waals surface area contributed by atoms with Crippen molar-refractivity contribution in [2.24, 2.45) is 0 Å². The second-order valence-corrected chi connectivity index (χ2v) is 4.80. The largest absolute Gasteiger partial charge is 0.332 e. The average Bonchev–Trinajstić information content (AvgIpc) is 2.35. The molecule has 18 heavy (non-hydrogen) atoms. The van der Waals surface area contributed by atoms with Crippen LogP contribution in [0.2, 0.25) is 0 Å². The van der Waals surface area contributed by atoms with Crippen molar-refractivity contribution in [3.63, 3.8) is 0 Å². The predicted octanol–water partition coefficient (Wildman–Crippen LogP) is 4.40. The first kappa shape index (κ1) is 13.0. The molecule has 0 aromatic heterocycles. The molecule has 0 aliphatic rings. The number of rotatable bonds is 2. The van der Waals surface area contributed by atoms with Gasteiger partial charge in [-0.25, -0.2) is 4.39 Å². The zero-order valence-corrected chi connectivity index (χ0v) is 11.7. The molecule has 0 bridgehead atoms. The molecule has 0 atom stereocenters. The number of nitrogens with one attached hydrogen (secondary N) is 2. The summed E-state index contributed by atoms with van der Waals surface area (Å²) in [6, 6.07) is 13.9. The fourth-order valence-electron chi connectivity index (χ4n) is 1.40. The number of anilines is 2. The standard InChI is InChI=1S/C13H10BrFN2S/c14-9-5-1-3-7-11(9)16-13(18)17-12-8-4-2-6-10(12)15/h1-8H,(H2,16,17,18). The number of hydrogen-bond acceptors (Lipinski definition) is 1. The number of para-hydroxylation sites is 2. The minimum Gasteiger partial charge on any atom is -0.332 e. The van der Waals surface area contributed by atoms with Crippen molar-refractivity contribution in [2.45, 2.75) is 0 Å². The van der Waals surface area contributed by atoms with Gasteiger partial charge in [-0.1, -0.05) is 24.3 Å². The number of benzene rings is 2. The highest BCUT2D eigenvalue weighted by atomic mass is 79.9. The van der Waals surface area contributed by atoms with E-state index in [0.29, 0.717) is 10.8 Å². The number of halogens is 2. The Bertz CT molecular complexity index is 525. The van der Waals surface area contributed by atoms with Crippen LogP contribution in [0.3, 0.4) is 0 Å². The summed E-state index contributed by atoms with van der Waals surface area (Å²) >= 11 is 8.53. The highest BCUT2D eigenvalue weighted by Gasteiger charge is 2.04. The molecule has 2 N–H and O–H groups in total. The molecule has 0 aliphatic heterocycles. The molecule has 0 unspecified atom stereocenters. The zero-order chi connectivity index (χ0) is 13.0. The molecule has 92 valence electrons. The second-order valence-electron chi connectivity index (χ2n) is 3.54. The number of thiocarbonyl (C=S) groups is 1.